The van der Waals surface area contributed by atoms with Gasteiger partial charge < -0.3 is 0 Å². The quantitative estimate of drug-likeness (QED) is 0.582. The van der Waals surface area contributed by atoms with Crippen LogP contribution in [0.5, 0.6) is 0 Å². The molecule has 3 aromatic rings. The molecule has 20 heavy (non-hydrogen) atoms. The van der Waals surface area contributed by atoms with Crippen molar-refractivity contribution in [2.75, 3.05) is 5.73 Å². The van der Waals surface area contributed by atoms with Gasteiger partial charge in [-0.25, -0.2) is 0 Å². The van der Waals surface area contributed by atoms with Crippen LogP contribution in [0.2, 0.25) is 0 Å². The van der Waals surface area contributed by atoms with E-state index in [1.165, 1.54) is 20.1 Å². The van der Waals surface area contributed by atoms with E-state index in [0.29, 0.717) is 15.0 Å². The van der Waals surface area contributed by atoms with Crippen LogP contribution >= 0.6 is 0 Å². The van der Waals surface area contributed by atoms with Crippen molar-refractivity contribution >= 4 is 29.6 Å². The van der Waals surface area contributed by atoms with E-state index >= 15 is 0 Å². The fourth-order valence-electron chi connectivity index (χ4n) is 2.07. The molecule has 1 nitrogen and oxygen atoms in total. The molecule has 0 unspecified atom stereocenters. The third kappa shape index (κ3) is 2.93. The molecule has 2 N–H and O–H groups in total. The molecule has 0 radical (unpaired) electrons. The minimum absolute atomic E-state index is 0.292. The van der Waals surface area contributed by atoms with Crippen LogP contribution in [0.4, 0.5) is 5.69 Å². The van der Waals surface area contributed by atoms with Gasteiger partial charge in [-0.1, -0.05) is 0 Å². The summed E-state index contributed by atoms with van der Waals surface area (Å²) in [5.74, 6) is 0. The van der Waals surface area contributed by atoms with Gasteiger partial charge in [0.2, 0.25) is 0 Å². The molecule has 0 fully saturated rings. The van der Waals surface area contributed by atoms with Crippen molar-refractivity contribution in [3.05, 3.63) is 78.9 Å². The molecule has 0 amide bonds. The molecule has 0 aromatic heterocycles. The SMILES string of the molecule is Nc1ccc([Se]c2ccccc2-c2ccccc2)cc1. The number of hydrogen-bond donors (Lipinski definition) is 1. The van der Waals surface area contributed by atoms with Crippen LogP contribution in [-0.4, -0.2) is 15.0 Å². The molecule has 0 saturated heterocycles. The number of benzene rings is 3. The summed E-state index contributed by atoms with van der Waals surface area (Å²) < 4.78 is 2.74. The topological polar surface area (TPSA) is 26.0 Å². The number of nitrogen functional groups attached to an aromatic ring is 1. The molecule has 0 saturated carbocycles. The predicted molar refractivity (Wildman–Crippen MR) is 87.8 cm³/mol. The molecule has 0 aliphatic carbocycles. The van der Waals surface area contributed by atoms with Gasteiger partial charge in [-0.2, -0.15) is 0 Å². The average Bonchev–Trinajstić information content (AvgIpc) is 2.51. The molecule has 0 heterocycles. The van der Waals surface area contributed by atoms with E-state index < -0.39 is 0 Å². The van der Waals surface area contributed by atoms with Crippen LogP contribution in [0.25, 0.3) is 11.1 Å². The van der Waals surface area contributed by atoms with Crippen LogP contribution in [-0.2, 0) is 0 Å². The zero-order valence-electron chi connectivity index (χ0n) is 11.0. The van der Waals surface area contributed by atoms with Crippen molar-refractivity contribution in [3.63, 3.8) is 0 Å². The van der Waals surface area contributed by atoms with Crippen molar-refractivity contribution in [1.29, 1.82) is 0 Å². The summed E-state index contributed by atoms with van der Waals surface area (Å²) in [6, 6.07) is 27.4. The fourth-order valence-corrected chi connectivity index (χ4v) is 4.11. The van der Waals surface area contributed by atoms with Gasteiger partial charge in [0, 0.05) is 0 Å². The molecule has 3 aromatic carbocycles. The Bertz CT molecular complexity index is 690. The molecule has 0 aliphatic heterocycles. The normalized spacial score (nSPS) is 10.4. The summed E-state index contributed by atoms with van der Waals surface area (Å²) in [5, 5.41) is 0. The minimum atomic E-state index is 0.292. The molecular formula is C18H15NSe. The first kappa shape index (κ1) is 13.0. The zero-order chi connectivity index (χ0) is 13.8. The van der Waals surface area contributed by atoms with Crippen molar-refractivity contribution in [2.24, 2.45) is 0 Å². The van der Waals surface area contributed by atoms with Gasteiger partial charge in [0.1, 0.15) is 0 Å². The summed E-state index contributed by atoms with van der Waals surface area (Å²) in [6.45, 7) is 0. The number of hydrogen-bond acceptors (Lipinski definition) is 1. The summed E-state index contributed by atoms with van der Waals surface area (Å²) in [6.07, 6.45) is 0. The Balaban J connectivity index is 1.96. The van der Waals surface area contributed by atoms with E-state index in [1.54, 1.807) is 0 Å². The Morgan fingerprint density at radius 1 is 0.650 bits per heavy atom. The van der Waals surface area contributed by atoms with Gasteiger partial charge in [0.15, 0.2) is 0 Å². The molecule has 0 spiro atoms. The molecule has 0 atom stereocenters. The number of nitrogens with two attached hydrogens (primary N) is 1. The predicted octanol–water partition coefficient (Wildman–Crippen LogP) is 2.59. The first-order valence-electron chi connectivity index (χ1n) is 6.51. The van der Waals surface area contributed by atoms with Gasteiger partial charge in [-0.3, -0.25) is 0 Å². The van der Waals surface area contributed by atoms with Crippen molar-refractivity contribution in [2.45, 2.75) is 0 Å². The summed E-state index contributed by atoms with van der Waals surface area (Å²) in [5.41, 5.74) is 9.17. The van der Waals surface area contributed by atoms with Gasteiger partial charge in [0.05, 0.1) is 0 Å². The Hall–Kier alpha value is -2.02. The summed E-state index contributed by atoms with van der Waals surface area (Å²) >= 11 is 0.292. The molecule has 0 bridgehead atoms. The second-order valence-corrected chi connectivity index (χ2v) is 6.87. The molecule has 0 aliphatic rings. The van der Waals surface area contributed by atoms with Crippen molar-refractivity contribution < 1.29 is 0 Å². The first-order chi connectivity index (χ1) is 9.83. The molecule has 98 valence electrons. The van der Waals surface area contributed by atoms with E-state index in [1.807, 2.05) is 12.1 Å². The van der Waals surface area contributed by atoms with E-state index in [4.69, 9.17) is 5.73 Å². The van der Waals surface area contributed by atoms with Crippen molar-refractivity contribution in [3.8, 4) is 11.1 Å². The Morgan fingerprint density at radius 3 is 2.05 bits per heavy atom. The average molecular weight is 324 g/mol. The fraction of sp³-hybridized carbons (Fsp3) is 0. The van der Waals surface area contributed by atoms with Crippen LogP contribution < -0.4 is 14.7 Å². The second-order valence-electron chi connectivity index (χ2n) is 4.53. The van der Waals surface area contributed by atoms with E-state index in [2.05, 4.69) is 66.7 Å². The van der Waals surface area contributed by atoms with Crippen molar-refractivity contribution in [1.82, 2.24) is 0 Å². The molecular weight excluding hydrogens is 309 g/mol. The van der Waals surface area contributed by atoms with E-state index in [0.717, 1.165) is 5.69 Å². The Morgan fingerprint density at radius 2 is 1.30 bits per heavy atom. The first-order valence-corrected chi connectivity index (χ1v) is 8.22. The summed E-state index contributed by atoms with van der Waals surface area (Å²) in [4.78, 5) is 0. The number of rotatable bonds is 3. The standard InChI is InChI=1S/C18H15NSe/c19-15-10-12-16(13-11-15)20-18-9-5-4-8-17(18)14-6-2-1-3-7-14/h1-13H,19H2. The van der Waals surface area contributed by atoms with Crippen LogP contribution in [0.15, 0.2) is 78.9 Å². The van der Waals surface area contributed by atoms with E-state index in [9.17, 15) is 0 Å². The van der Waals surface area contributed by atoms with E-state index in [-0.39, 0.29) is 0 Å². The second kappa shape index (κ2) is 5.96. The van der Waals surface area contributed by atoms with Gasteiger partial charge in [0.25, 0.3) is 0 Å². The third-order valence-corrected chi connectivity index (χ3v) is 5.35. The molecule has 2 heteroatoms. The van der Waals surface area contributed by atoms with Gasteiger partial charge in [-0.05, 0) is 0 Å². The monoisotopic (exact) mass is 325 g/mol. The zero-order valence-corrected chi connectivity index (χ0v) is 12.7. The van der Waals surface area contributed by atoms with Crippen LogP contribution in [0, 0.1) is 0 Å². The number of anilines is 1. The van der Waals surface area contributed by atoms with Crippen LogP contribution in [0.1, 0.15) is 0 Å². The summed E-state index contributed by atoms with van der Waals surface area (Å²) in [7, 11) is 0. The Labute approximate surface area is 125 Å². The van der Waals surface area contributed by atoms with Crippen LogP contribution in [0.3, 0.4) is 0 Å². The van der Waals surface area contributed by atoms with Gasteiger partial charge in [-0.15, -0.1) is 0 Å². The van der Waals surface area contributed by atoms with Gasteiger partial charge >= 0.3 is 125 Å². The maximum absolute atomic E-state index is 5.75. The molecule has 3 rings (SSSR count). The third-order valence-electron chi connectivity index (χ3n) is 3.08. The maximum atomic E-state index is 5.75. The Kier molecular flexibility index (Phi) is 3.87.